The molecule has 2 amide bonds. The van der Waals surface area contributed by atoms with Crippen molar-refractivity contribution in [1.82, 2.24) is 15.3 Å². The van der Waals surface area contributed by atoms with E-state index in [1.807, 2.05) is 25.1 Å². The van der Waals surface area contributed by atoms with Crippen LogP contribution in [0.4, 0.5) is 15.9 Å². The summed E-state index contributed by atoms with van der Waals surface area (Å²) in [5.41, 5.74) is 3.82. The Hall–Kier alpha value is -2.65. The van der Waals surface area contributed by atoms with Crippen molar-refractivity contribution in [2.45, 2.75) is 25.4 Å². The zero-order valence-electron chi connectivity index (χ0n) is 15.0. The fraction of sp³-hybridized carbons (Fsp3) is 0.389. The first-order chi connectivity index (χ1) is 13.1. The van der Waals surface area contributed by atoms with Crippen LogP contribution in [0.3, 0.4) is 0 Å². The summed E-state index contributed by atoms with van der Waals surface area (Å²) in [6.07, 6.45) is 0.732. The molecular weight excluding hydrogens is 366 g/mol. The van der Waals surface area contributed by atoms with Gasteiger partial charge in [-0.25, -0.2) is 9.78 Å². The molecule has 2 bridgehead atoms. The van der Waals surface area contributed by atoms with Gasteiger partial charge in [-0.15, -0.1) is 0 Å². The highest BCUT2D eigenvalue weighted by atomic mass is 32.1. The molecule has 0 spiro atoms. The summed E-state index contributed by atoms with van der Waals surface area (Å²) in [4.78, 5) is 24.3. The van der Waals surface area contributed by atoms with Crippen molar-refractivity contribution in [3.05, 3.63) is 34.3 Å². The molecule has 0 unspecified atom stereocenters. The summed E-state index contributed by atoms with van der Waals surface area (Å²) in [6, 6.07) is 6.46. The summed E-state index contributed by atoms with van der Waals surface area (Å²) >= 11 is 1.48. The average molecular weight is 385 g/mol. The van der Waals surface area contributed by atoms with Gasteiger partial charge in [-0.1, -0.05) is 17.4 Å². The Labute approximate surface area is 159 Å². The number of carbonyl (C=O) groups excluding carboxylic acids is 1. The summed E-state index contributed by atoms with van der Waals surface area (Å²) in [5.74, 6) is 0. The van der Waals surface area contributed by atoms with Crippen molar-refractivity contribution in [3.8, 4) is 0 Å². The largest absolute Gasteiger partial charge is 0.423 e. The molecule has 0 radical (unpaired) electrons. The monoisotopic (exact) mass is 385 g/mol. The first-order valence-corrected chi connectivity index (χ1v) is 9.65. The van der Waals surface area contributed by atoms with Crippen molar-refractivity contribution in [1.29, 1.82) is 0 Å². The summed E-state index contributed by atoms with van der Waals surface area (Å²) in [5, 5.41) is 5.92. The molecule has 27 heavy (non-hydrogen) atoms. The van der Waals surface area contributed by atoms with Gasteiger partial charge in [0.25, 0.3) is 6.01 Å². The molecule has 5 rings (SSSR count). The zero-order chi connectivity index (χ0) is 18.5. The van der Waals surface area contributed by atoms with Gasteiger partial charge in [0, 0.05) is 13.5 Å². The first kappa shape index (κ1) is 16.5. The Balaban J connectivity index is 1.53. The number of amides is 2. The van der Waals surface area contributed by atoms with Crippen LogP contribution in [-0.2, 0) is 11.2 Å². The minimum absolute atomic E-state index is 0.0144. The number of ether oxygens (including phenoxy) is 1. The van der Waals surface area contributed by atoms with Gasteiger partial charge in [-0.2, -0.15) is 4.98 Å². The molecule has 2 aliphatic rings. The Morgan fingerprint density at radius 1 is 1.33 bits per heavy atom. The Bertz CT molecular complexity index is 1030. The SMILES string of the molecule is CNC(=O)Nc1nc2c(s1)[C@@H]1COC[C@H](C2)N1c1nc2cc(C)ccc2o1. The lowest BCUT2D eigenvalue weighted by Crippen LogP contribution is -2.51. The van der Waals surface area contributed by atoms with Crippen LogP contribution in [0.2, 0.25) is 0 Å². The molecule has 2 aromatic heterocycles. The third-order valence-corrected chi connectivity index (χ3v) is 6.09. The van der Waals surface area contributed by atoms with Crippen LogP contribution >= 0.6 is 11.3 Å². The van der Waals surface area contributed by atoms with Crippen molar-refractivity contribution < 1.29 is 13.9 Å². The average Bonchev–Trinajstić information content (AvgIpc) is 3.24. The van der Waals surface area contributed by atoms with Crippen LogP contribution in [0.25, 0.3) is 11.1 Å². The van der Waals surface area contributed by atoms with Gasteiger partial charge in [-0.3, -0.25) is 5.32 Å². The van der Waals surface area contributed by atoms with E-state index >= 15 is 0 Å². The van der Waals surface area contributed by atoms with Crippen molar-refractivity contribution in [3.63, 3.8) is 0 Å². The number of anilines is 2. The van der Waals surface area contributed by atoms with E-state index in [1.54, 1.807) is 7.05 Å². The molecule has 0 saturated carbocycles. The molecule has 1 saturated heterocycles. The second-order valence-electron chi connectivity index (χ2n) is 6.82. The number of nitrogens with zero attached hydrogens (tertiary/aromatic N) is 3. The van der Waals surface area contributed by atoms with Crippen molar-refractivity contribution in [2.75, 3.05) is 30.5 Å². The van der Waals surface area contributed by atoms with Crippen molar-refractivity contribution in [2.24, 2.45) is 0 Å². The molecule has 1 aromatic carbocycles. The normalized spacial score (nSPS) is 21.2. The molecular formula is C18H19N5O3S. The number of benzene rings is 1. The number of aryl methyl sites for hydroxylation is 1. The van der Waals surface area contributed by atoms with Crippen molar-refractivity contribution >= 4 is 39.6 Å². The molecule has 140 valence electrons. The predicted octanol–water partition coefficient (Wildman–Crippen LogP) is 2.85. The number of nitrogens with one attached hydrogen (secondary N) is 2. The highest BCUT2D eigenvalue weighted by Gasteiger charge is 2.42. The molecule has 9 heteroatoms. The van der Waals surface area contributed by atoms with E-state index in [-0.39, 0.29) is 18.1 Å². The van der Waals surface area contributed by atoms with E-state index in [1.165, 1.54) is 11.3 Å². The highest BCUT2D eigenvalue weighted by molar-refractivity contribution is 7.16. The molecule has 0 aliphatic carbocycles. The molecule has 3 aromatic rings. The first-order valence-electron chi connectivity index (χ1n) is 8.84. The quantitative estimate of drug-likeness (QED) is 0.705. The number of carbonyl (C=O) groups is 1. The lowest BCUT2D eigenvalue weighted by Gasteiger charge is -2.43. The van der Waals surface area contributed by atoms with Gasteiger partial charge in [0.2, 0.25) is 0 Å². The van der Waals surface area contributed by atoms with Crippen LogP contribution in [0, 0.1) is 6.92 Å². The van der Waals surface area contributed by atoms with E-state index < -0.39 is 0 Å². The Morgan fingerprint density at radius 2 is 2.22 bits per heavy atom. The van der Waals surface area contributed by atoms with Gasteiger partial charge in [0.1, 0.15) is 5.52 Å². The number of thiazole rings is 1. The Morgan fingerprint density at radius 3 is 3.07 bits per heavy atom. The number of aromatic nitrogens is 2. The molecule has 2 N–H and O–H groups in total. The minimum atomic E-state index is -0.272. The fourth-order valence-corrected chi connectivity index (χ4v) is 4.79. The fourth-order valence-electron chi connectivity index (χ4n) is 3.72. The maximum absolute atomic E-state index is 11.6. The molecule has 1 fully saturated rings. The van der Waals surface area contributed by atoms with Crippen LogP contribution in [0.5, 0.6) is 0 Å². The third-order valence-electron chi connectivity index (χ3n) is 4.97. The number of urea groups is 1. The highest BCUT2D eigenvalue weighted by Crippen LogP contribution is 2.43. The second-order valence-corrected chi connectivity index (χ2v) is 7.85. The molecule has 8 nitrogen and oxygen atoms in total. The second kappa shape index (κ2) is 6.21. The van der Waals surface area contributed by atoms with Gasteiger partial charge in [0.05, 0.1) is 35.9 Å². The van der Waals surface area contributed by atoms with Gasteiger partial charge < -0.3 is 19.4 Å². The lowest BCUT2D eigenvalue weighted by atomic mass is 9.97. The van der Waals surface area contributed by atoms with E-state index in [4.69, 9.17) is 14.1 Å². The van der Waals surface area contributed by atoms with Gasteiger partial charge in [-0.05, 0) is 24.6 Å². The predicted molar refractivity (Wildman–Crippen MR) is 102 cm³/mol. The van der Waals surface area contributed by atoms with Crippen LogP contribution in [-0.4, -0.2) is 42.3 Å². The molecule has 4 heterocycles. The number of hydrogen-bond donors (Lipinski definition) is 2. The van der Waals surface area contributed by atoms with Gasteiger partial charge in [0.15, 0.2) is 10.7 Å². The molecule has 2 aliphatic heterocycles. The van der Waals surface area contributed by atoms with Crippen LogP contribution < -0.4 is 15.5 Å². The van der Waals surface area contributed by atoms with E-state index in [0.717, 1.165) is 33.7 Å². The number of oxazole rings is 1. The number of morpholine rings is 1. The van der Waals surface area contributed by atoms with E-state index in [0.29, 0.717) is 24.4 Å². The van der Waals surface area contributed by atoms with E-state index in [9.17, 15) is 4.79 Å². The molecule has 2 atom stereocenters. The standard InChI is InChI=1S/C18H19N5O3S/c1-9-3-4-14-11(5-9)21-18(26-14)23-10-6-12-15(13(23)8-25-7-10)27-17(20-12)22-16(24)19-2/h3-5,10,13H,6-8H2,1-2H3,(H2,19,20,22,24)/t10-,13-/m0/s1. The lowest BCUT2D eigenvalue weighted by molar-refractivity contribution is 0.0579. The summed E-state index contributed by atoms with van der Waals surface area (Å²) in [7, 11) is 1.58. The van der Waals surface area contributed by atoms with E-state index in [2.05, 4.69) is 20.5 Å². The minimum Gasteiger partial charge on any atom is -0.423 e. The third kappa shape index (κ3) is 2.74. The zero-order valence-corrected chi connectivity index (χ0v) is 15.8. The number of hydrogen-bond acceptors (Lipinski definition) is 7. The van der Waals surface area contributed by atoms with Crippen LogP contribution in [0.15, 0.2) is 22.6 Å². The van der Waals surface area contributed by atoms with Crippen LogP contribution in [0.1, 0.15) is 22.2 Å². The number of rotatable bonds is 2. The maximum Gasteiger partial charge on any atom is 0.320 e. The smallest absolute Gasteiger partial charge is 0.320 e. The topological polar surface area (TPSA) is 92.5 Å². The summed E-state index contributed by atoms with van der Waals surface area (Å²) < 4.78 is 11.9. The summed E-state index contributed by atoms with van der Waals surface area (Å²) in [6.45, 7) is 3.19. The number of fused-ring (bicyclic) bond motifs is 5. The Kier molecular flexibility index (Phi) is 3.80. The van der Waals surface area contributed by atoms with Gasteiger partial charge >= 0.3 is 6.03 Å². The maximum atomic E-state index is 11.6.